The zero-order chi connectivity index (χ0) is 17.6. The predicted molar refractivity (Wildman–Crippen MR) is 104 cm³/mol. The van der Waals surface area contributed by atoms with E-state index >= 15 is 0 Å². The minimum Gasteiger partial charge on any atom is -0.361 e. The molecule has 1 unspecified atom stereocenters. The minimum atomic E-state index is -0.117. The topological polar surface area (TPSA) is 70.2 Å². The number of rotatable bonds is 5. The second-order valence-electron chi connectivity index (χ2n) is 6.36. The van der Waals surface area contributed by atoms with Crippen LogP contribution in [0.15, 0.2) is 41.1 Å². The molecule has 0 saturated carbocycles. The monoisotopic (exact) mass is 403 g/mol. The second-order valence-corrected chi connectivity index (χ2v) is 7.28. The number of aromatic nitrogens is 2. The Hall–Kier alpha value is -2.15. The highest BCUT2D eigenvalue weighted by molar-refractivity contribution is 9.10. The Balaban J connectivity index is 1.55. The largest absolute Gasteiger partial charge is 0.361 e. The first kappa shape index (κ1) is 17.7. The molecule has 1 aromatic carbocycles. The zero-order valence-electron chi connectivity index (χ0n) is 14.2. The number of nitrogens with zero attached hydrogens (tertiary/aromatic N) is 3. The smallest absolute Gasteiger partial charge is 0.243 e. The molecule has 0 radical (unpaired) electrons. The van der Waals surface area contributed by atoms with Gasteiger partial charge in [0.05, 0.1) is 6.54 Å². The molecule has 7 heteroatoms. The lowest BCUT2D eigenvalue weighted by Crippen LogP contribution is -2.34. The van der Waals surface area contributed by atoms with Gasteiger partial charge in [-0.25, -0.2) is 9.97 Å². The number of carbonyl (C=O) groups is 1. The Bertz CT molecular complexity index is 722. The van der Waals surface area contributed by atoms with E-state index in [2.05, 4.69) is 48.4 Å². The first-order chi connectivity index (χ1) is 12.1. The van der Waals surface area contributed by atoms with E-state index < -0.39 is 0 Å². The van der Waals surface area contributed by atoms with Gasteiger partial charge in [-0.15, -0.1) is 0 Å². The van der Waals surface area contributed by atoms with Gasteiger partial charge in [0.2, 0.25) is 5.91 Å². The van der Waals surface area contributed by atoms with Gasteiger partial charge in [-0.3, -0.25) is 4.79 Å². The predicted octanol–water partition coefficient (Wildman–Crippen LogP) is 3.53. The highest BCUT2D eigenvalue weighted by Gasteiger charge is 2.18. The van der Waals surface area contributed by atoms with Crippen LogP contribution < -0.4 is 15.5 Å². The highest BCUT2D eigenvalue weighted by atomic mass is 79.9. The van der Waals surface area contributed by atoms with Crippen LogP contribution in [0.4, 0.5) is 17.3 Å². The van der Waals surface area contributed by atoms with Crippen molar-refractivity contribution in [1.82, 2.24) is 9.97 Å². The number of nitrogens with one attached hydrogen (secondary N) is 2. The van der Waals surface area contributed by atoms with Crippen LogP contribution in [0.2, 0.25) is 0 Å². The van der Waals surface area contributed by atoms with Crippen LogP contribution in [0.5, 0.6) is 0 Å². The summed E-state index contributed by atoms with van der Waals surface area (Å²) in [6.45, 7) is 4.45. The Morgan fingerprint density at radius 2 is 2.12 bits per heavy atom. The fourth-order valence-corrected chi connectivity index (χ4v) is 3.19. The molecule has 1 aliphatic heterocycles. The van der Waals surface area contributed by atoms with E-state index in [0.717, 1.165) is 29.1 Å². The third-order valence-electron chi connectivity index (χ3n) is 4.19. The van der Waals surface area contributed by atoms with Crippen molar-refractivity contribution in [2.45, 2.75) is 19.8 Å². The molecule has 2 N–H and O–H groups in total. The maximum absolute atomic E-state index is 12.1. The van der Waals surface area contributed by atoms with E-state index in [-0.39, 0.29) is 12.5 Å². The van der Waals surface area contributed by atoms with Crippen LogP contribution in [0.3, 0.4) is 0 Å². The summed E-state index contributed by atoms with van der Waals surface area (Å²) in [5.41, 5.74) is 0.765. The molecule has 6 nitrogen and oxygen atoms in total. The summed E-state index contributed by atoms with van der Waals surface area (Å²) >= 11 is 3.37. The van der Waals surface area contributed by atoms with Gasteiger partial charge >= 0.3 is 0 Å². The Morgan fingerprint density at radius 3 is 2.88 bits per heavy atom. The summed E-state index contributed by atoms with van der Waals surface area (Å²) in [6, 6.07) is 9.38. The fraction of sp³-hybridized carbons (Fsp3) is 0.389. The minimum absolute atomic E-state index is 0.117. The maximum atomic E-state index is 12.1. The number of amides is 1. The molecule has 1 fully saturated rings. The fourth-order valence-electron chi connectivity index (χ4n) is 2.92. The molecule has 2 heterocycles. The van der Waals surface area contributed by atoms with Gasteiger partial charge in [-0.1, -0.05) is 22.9 Å². The molecular weight excluding hydrogens is 382 g/mol. The number of anilines is 3. The van der Waals surface area contributed by atoms with Crippen LogP contribution in [-0.2, 0) is 4.79 Å². The Labute approximate surface area is 156 Å². The standard InChI is InChI=1S/C18H22BrN5O/c1-13-3-2-8-24(11-13)17-9-16(21-12-22-17)20-10-18(25)23-15-6-4-14(19)5-7-15/h4-7,9,12-13H,2-3,8,10-11H2,1H3,(H,23,25)(H,20,21,22). The summed E-state index contributed by atoms with van der Waals surface area (Å²) in [5.74, 6) is 2.14. The van der Waals surface area contributed by atoms with Crippen LogP contribution in [0.1, 0.15) is 19.8 Å². The van der Waals surface area contributed by atoms with Crippen molar-refractivity contribution < 1.29 is 4.79 Å². The number of hydrogen-bond acceptors (Lipinski definition) is 5. The Morgan fingerprint density at radius 1 is 1.32 bits per heavy atom. The molecule has 2 aromatic rings. The molecule has 0 spiro atoms. The summed E-state index contributed by atoms with van der Waals surface area (Å²) in [7, 11) is 0. The molecule has 1 amide bonds. The summed E-state index contributed by atoms with van der Waals surface area (Å²) in [4.78, 5) is 22.9. The second kappa shape index (κ2) is 8.29. The number of hydrogen-bond donors (Lipinski definition) is 2. The van der Waals surface area contributed by atoms with Gasteiger partial charge in [0.1, 0.15) is 18.0 Å². The average molecular weight is 404 g/mol. The first-order valence-electron chi connectivity index (χ1n) is 8.46. The quantitative estimate of drug-likeness (QED) is 0.798. The first-order valence-corrected chi connectivity index (χ1v) is 9.26. The molecule has 1 saturated heterocycles. The van der Waals surface area contributed by atoms with Gasteiger partial charge in [0.25, 0.3) is 0 Å². The molecule has 1 atom stereocenters. The van der Waals surface area contributed by atoms with E-state index in [0.29, 0.717) is 11.7 Å². The van der Waals surface area contributed by atoms with Gasteiger partial charge < -0.3 is 15.5 Å². The van der Waals surface area contributed by atoms with Crippen molar-refractivity contribution in [1.29, 1.82) is 0 Å². The summed E-state index contributed by atoms with van der Waals surface area (Å²) < 4.78 is 0.976. The highest BCUT2D eigenvalue weighted by Crippen LogP contribution is 2.22. The number of carbonyl (C=O) groups excluding carboxylic acids is 1. The maximum Gasteiger partial charge on any atom is 0.243 e. The molecule has 132 valence electrons. The lowest BCUT2D eigenvalue weighted by molar-refractivity contribution is -0.114. The van der Waals surface area contributed by atoms with Crippen LogP contribution in [-0.4, -0.2) is 35.5 Å². The van der Waals surface area contributed by atoms with Crippen LogP contribution >= 0.6 is 15.9 Å². The van der Waals surface area contributed by atoms with Crippen molar-refractivity contribution >= 4 is 39.2 Å². The lowest BCUT2D eigenvalue weighted by atomic mass is 10.0. The SMILES string of the molecule is CC1CCCN(c2cc(NCC(=O)Nc3ccc(Br)cc3)ncn2)C1. The molecule has 0 bridgehead atoms. The zero-order valence-corrected chi connectivity index (χ0v) is 15.8. The lowest BCUT2D eigenvalue weighted by Gasteiger charge is -2.31. The molecule has 0 aliphatic carbocycles. The summed E-state index contributed by atoms with van der Waals surface area (Å²) in [6.07, 6.45) is 4.00. The summed E-state index contributed by atoms with van der Waals surface area (Å²) in [5, 5.41) is 5.91. The third kappa shape index (κ3) is 5.16. The van der Waals surface area contributed by atoms with E-state index in [9.17, 15) is 4.79 Å². The van der Waals surface area contributed by atoms with Crippen molar-refractivity contribution in [3.8, 4) is 0 Å². The van der Waals surface area contributed by atoms with Crippen molar-refractivity contribution in [3.63, 3.8) is 0 Å². The van der Waals surface area contributed by atoms with Crippen LogP contribution in [0.25, 0.3) is 0 Å². The van der Waals surface area contributed by atoms with Crippen molar-refractivity contribution in [3.05, 3.63) is 41.1 Å². The third-order valence-corrected chi connectivity index (χ3v) is 4.72. The normalized spacial score (nSPS) is 17.2. The number of halogens is 1. The van der Waals surface area contributed by atoms with Gasteiger partial charge in [-0.05, 0) is 43.0 Å². The molecule has 3 rings (SSSR count). The van der Waals surface area contributed by atoms with E-state index in [4.69, 9.17) is 0 Å². The van der Waals surface area contributed by atoms with Gasteiger partial charge in [0, 0.05) is 29.3 Å². The Kier molecular flexibility index (Phi) is 5.86. The molecule has 1 aliphatic rings. The van der Waals surface area contributed by atoms with E-state index in [1.165, 1.54) is 12.8 Å². The van der Waals surface area contributed by atoms with E-state index in [1.807, 2.05) is 30.3 Å². The van der Waals surface area contributed by atoms with Gasteiger partial charge in [-0.2, -0.15) is 0 Å². The van der Waals surface area contributed by atoms with Crippen molar-refractivity contribution in [2.75, 3.05) is 35.2 Å². The van der Waals surface area contributed by atoms with Gasteiger partial charge in [0.15, 0.2) is 0 Å². The average Bonchev–Trinajstić information content (AvgIpc) is 2.62. The molecular formula is C18H22BrN5O. The molecule has 1 aromatic heterocycles. The number of benzene rings is 1. The number of piperidine rings is 1. The van der Waals surface area contributed by atoms with E-state index in [1.54, 1.807) is 6.33 Å². The molecule has 25 heavy (non-hydrogen) atoms. The van der Waals surface area contributed by atoms with Crippen LogP contribution in [0, 0.1) is 5.92 Å². The van der Waals surface area contributed by atoms with Crippen molar-refractivity contribution in [2.24, 2.45) is 5.92 Å².